The van der Waals surface area contributed by atoms with Crippen molar-refractivity contribution in [3.63, 3.8) is 0 Å². The first-order valence-corrected chi connectivity index (χ1v) is 7.33. The Morgan fingerprint density at radius 3 is 2.73 bits per heavy atom. The van der Waals surface area contributed by atoms with Crippen LogP contribution in [0.4, 0.5) is 0 Å². The first kappa shape index (κ1) is 13.0. The van der Waals surface area contributed by atoms with Crippen molar-refractivity contribution in [1.29, 1.82) is 0 Å². The molecule has 0 saturated carbocycles. The molecule has 0 amide bonds. The number of allylic oxidation sites excluding steroid dienone is 4. The molecule has 0 heterocycles. The topological polar surface area (TPSA) is 54.4 Å². The minimum atomic E-state index is -0.218. The monoisotopic (exact) mass is 290 g/mol. The Kier molecular flexibility index (Phi) is 2.61. The molecule has 3 heteroatoms. The highest BCUT2D eigenvalue weighted by Gasteiger charge is 2.37. The van der Waals surface area contributed by atoms with E-state index >= 15 is 0 Å². The second-order valence-corrected chi connectivity index (χ2v) is 5.84. The van der Waals surface area contributed by atoms with E-state index in [0.29, 0.717) is 28.5 Å². The maximum absolute atomic E-state index is 12.9. The normalized spacial score (nSPS) is 20.3. The lowest BCUT2D eigenvalue weighted by Crippen LogP contribution is -2.26. The molecule has 0 bridgehead atoms. The number of hydrogen-bond acceptors (Lipinski definition) is 3. The third kappa shape index (κ3) is 1.56. The Morgan fingerprint density at radius 1 is 1.14 bits per heavy atom. The molecular formula is C19H14O3. The summed E-state index contributed by atoms with van der Waals surface area (Å²) in [5.74, 6) is -0.537. The third-order valence-corrected chi connectivity index (χ3v) is 4.54. The maximum atomic E-state index is 12.9. The molecular weight excluding hydrogens is 276 g/mol. The van der Waals surface area contributed by atoms with Crippen molar-refractivity contribution < 1.29 is 14.7 Å². The molecule has 2 aliphatic carbocycles. The zero-order valence-corrected chi connectivity index (χ0v) is 12.1. The molecule has 0 aliphatic heterocycles. The summed E-state index contributed by atoms with van der Waals surface area (Å²) in [5, 5.41) is 11.9. The predicted molar refractivity (Wildman–Crippen MR) is 84.2 cm³/mol. The number of carbonyl (C=O) groups excluding carboxylic acids is 2. The van der Waals surface area contributed by atoms with E-state index in [4.69, 9.17) is 0 Å². The Labute approximate surface area is 127 Å². The average Bonchev–Trinajstić information content (AvgIpc) is 2.52. The van der Waals surface area contributed by atoms with Gasteiger partial charge in [-0.2, -0.15) is 0 Å². The van der Waals surface area contributed by atoms with Crippen molar-refractivity contribution in [3.05, 3.63) is 64.8 Å². The van der Waals surface area contributed by atoms with Gasteiger partial charge in [0.15, 0.2) is 11.6 Å². The number of rotatable bonds is 0. The molecule has 0 spiro atoms. The van der Waals surface area contributed by atoms with Crippen LogP contribution in [0.1, 0.15) is 34.1 Å². The van der Waals surface area contributed by atoms with E-state index in [-0.39, 0.29) is 28.8 Å². The molecule has 22 heavy (non-hydrogen) atoms. The predicted octanol–water partition coefficient (Wildman–Crippen LogP) is 3.82. The summed E-state index contributed by atoms with van der Waals surface area (Å²) >= 11 is 0. The molecule has 0 unspecified atom stereocenters. The summed E-state index contributed by atoms with van der Waals surface area (Å²) in [6.07, 6.45) is 4.35. The molecule has 2 aromatic rings. The molecule has 2 aliphatic rings. The van der Waals surface area contributed by atoms with Gasteiger partial charge in [-0.15, -0.1) is 0 Å². The zero-order valence-electron chi connectivity index (χ0n) is 12.1. The molecule has 4 rings (SSSR count). The van der Waals surface area contributed by atoms with Crippen LogP contribution in [0, 0.1) is 5.92 Å². The van der Waals surface area contributed by atoms with Crippen LogP contribution in [0.15, 0.2) is 53.6 Å². The minimum Gasteiger partial charge on any atom is -0.507 e. The smallest absolute Gasteiger partial charge is 0.194 e. The van der Waals surface area contributed by atoms with Crippen LogP contribution in [-0.2, 0) is 0 Å². The van der Waals surface area contributed by atoms with Crippen molar-refractivity contribution >= 4 is 22.3 Å². The molecule has 2 aromatic carbocycles. The molecule has 0 fully saturated rings. The van der Waals surface area contributed by atoms with Crippen LogP contribution < -0.4 is 0 Å². The van der Waals surface area contributed by atoms with Crippen LogP contribution >= 0.6 is 0 Å². The largest absolute Gasteiger partial charge is 0.507 e. The van der Waals surface area contributed by atoms with Gasteiger partial charge in [-0.05, 0) is 17.9 Å². The number of Topliss-reactive ketones (excluding diaryl/α,β-unsaturated/α-hetero) is 2. The standard InChI is InChI=1S/C19H14O3/c1-10-5-4-8-13-15(10)19(22)16-14(17(13)20)9-11-6-2-3-7-12(11)18(16)21/h2-7,9-10,21H,8H2,1H3/t10-/m0/s1. The third-order valence-electron chi connectivity index (χ3n) is 4.54. The summed E-state index contributed by atoms with van der Waals surface area (Å²) in [4.78, 5) is 25.7. The van der Waals surface area contributed by atoms with E-state index in [1.165, 1.54) is 0 Å². The van der Waals surface area contributed by atoms with Crippen molar-refractivity contribution in [3.8, 4) is 5.75 Å². The molecule has 1 N–H and O–H groups in total. The highest BCUT2D eigenvalue weighted by Crippen LogP contribution is 2.41. The fraction of sp³-hybridized carbons (Fsp3) is 0.158. The Morgan fingerprint density at radius 2 is 1.91 bits per heavy atom. The van der Waals surface area contributed by atoms with E-state index in [0.717, 1.165) is 5.39 Å². The SMILES string of the molecule is C[C@H]1C=CCC2=C1C(=O)c1c(cc3ccccc3c1O)C2=O. The summed E-state index contributed by atoms with van der Waals surface area (Å²) in [6, 6.07) is 8.97. The van der Waals surface area contributed by atoms with E-state index in [1.54, 1.807) is 18.2 Å². The number of carbonyl (C=O) groups is 2. The second-order valence-electron chi connectivity index (χ2n) is 5.84. The van der Waals surface area contributed by atoms with Gasteiger partial charge in [0.25, 0.3) is 0 Å². The van der Waals surface area contributed by atoms with Crippen molar-refractivity contribution in [2.75, 3.05) is 0 Å². The summed E-state index contributed by atoms with van der Waals surface area (Å²) < 4.78 is 0. The number of phenolic OH excluding ortho intramolecular Hbond substituents is 1. The average molecular weight is 290 g/mol. The lowest BCUT2D eigenvalue weighted by molar-refractivity contribution is 0.0963. The lowest BCUT2D eigenvalue weighted by Gasteiger charge is -2.26. The zero-order chi connectivity index (χ0) is 15.4. The van der Waals surface area contributed by atoms with Gasteiger partial charge in [0, 0.05) is 28.0 Å². The second kappa shape index (κ2) is 4.41. The molecule has 0 radical (unpaired) electrons. The van der Waals surface area contributed by atoms with Gasteiger partial charge in [0.05, 0.1) is 5.56 Å². The van der Waals surface area contributed by atoms with Crippen molar-refractivity contribution in [2.45, 2.75) is 13.3 Å². The molecule has 1 atom stereocenters. The quantitative estimate of drug-likeness (QED) is 0.750. The molecule has 108 valence electrons. The van der Waals surface area contributed by atoms with Crippen molar-refractivity contribution in [1.82, 2.24) is 0 Å². The first-order valence-electron chi connectivity index (χ1n) is 7.33. The van der Waals surface area contributed by atoms with E-state index in [1.807, 2.05) is 31.2 Å². The van der Waals surface area contributed by atoms with Gasteiger partial charge in [0.1, 0.15) is 5.75 Å². The van der Waals surface area contributed by atoms with Gasteiger partial charge < -0.3 is 5.11 Å². The summed E-state index contributed by atoms with van der Waals surface area (Å²) in [5.41, 5.74) is 1.58. The number of fused-ring (bicyclic) bond motifs is 2. The van der Waals surface area contributed by atoms with E-state index in [2.05, 4.69) is 0 Å². The fourth-order valence-corrected chi connectivity index (χ4v) is 3.46. The Hall–Kier alpha value is -2.68. The van der Waals surface area contributed by atoms with E-state index < -0.39 is 0 Å². The number of phenols is 1. The van der Waals surface area contributed by atoms with Gasteiger partial charge >= 0.3 is 0 Å². The molecule has 3 nitrogen and oxygen atoms in total. The minimum absolute atomic E-state index is 0.0836. The van der Waals surface area contributed by atoms with Crippen LogP contribution in [0.2, 0.25) is 0 Å². The maximum Gasteiger partial charge on any atom is 0.194 e. The van der Waals surface area contributed by atoms with E-state index in [9.17, 15) is 14.7 Å². The number of ketones is 2. The van der Waals surface area contributed by atoms with Gasteiger partial charge in [0.2, 0.25) is 0 Å². The van der Waals surface area contributed by atoms with Gasteiger partial charge in [-0.3, -0.25) is 9.59 Å². The fourth-order valence-electron chi connectivity index (χ4n) is 3.46. The summed E-state index contributed by atoms with van der Waals surface area (Å²) in [7, 11) is 0. The van der Waals surface area contributed by atoms with Crippen LogP contribution in [0.5, 0.6) is 5.75 Å². The summed E-state index contributed by atoms with van der Waals surface area (Å²) in [6.45, 7) is 1.90. The highest BCUT2D eigenvalue weighted by molar-refractivity contribution is 6.30. The van der Waals surface area contributed by atoms with Gasteiger partial charge in [-0.1, -0.05) is 43.3 Å². The Balaban J connectivity index is 2.06. The lowest BCUT2D eigenvalue weighted by atomic mass is 9.75. The van der Waals surface area contributed by atoms with Gasteiger partial charge in [-0.25, -0.2) is 0 Å². The Bertz CT molecular complexity index is 916. The molecule has 0 saturated heterocycles. The molecule has 0 aromatic heterocycles. The van der Waals surface area contributed by atoms with Crippen LogP contribution in [-0.4, -0.2) is 16.7 Å². The van der Waals surface area contributed by atoms with Crippen LogP contribution in [0.3, 0.4) is 0 Å². The number of hydrogen-bond donors (Lipinski definition) is 1. The highest BCUT2D eigenvalue weighted by atomic mass is 16.3. The van der Waals surface area contributed by atoms with Crippen LogP contribution in [0.25, 0.3) is 10.8 Å². The first-order chi connectivity index (χ1) is 10.6. The number of aromatic hydroxyl groups is 1. The van der Waals surface area contributed by atoms with Crippen molar-refractivity contribution in [2.24, 2.45) is 5.92 Å². The number of benzene rings is 2.